The first-order valence-corrected chi connectivity index (χ1v) is 7.12. The predicted octanol–water partition coefficient (Wildman–Crippen LogP) is 3.25. The molecule has 2 atom stereocenters. The van der Waals surface area contributed by atoms with Crippen molar-refractivity contribution >= 4 is 11.6 Å². The molecule has 0 bridgehead atoms. The molecule has 1 aromatic carbocycles. The summed E-state index contributed by atoms with van der Waals surface area (Å²) in [5.74, 6) is 4.13. The first-order chi connectivity index (χ1) is 9.76. The summed E-state index contributed by atoms with van der Waals surface area (Å²) in [6, 6.07) is 12.0. The van der Waals surface area contributed by atoms with Gasteiger partial charge in [-0.05, 0) is 18.3 Å². The fourth-order valence-corrected chi connectivity index (χ4v) is 2.30. The van der Waals surface area contributed by atoms with Crippen molar-refractivity contribution in [3.8, 4) is 11.4 Å². The molecule has 0 spiro atoms. The maximum atomic E-state index is 4.61. The van der Waals surface area contributed by atoms with E-state index in [4.69, 9.17) is 0 Å². The molecular weight excluding hydrogens is 248 g/mol. The lowest BCUT2D eigenvalue weighted by atomic mass is 10.2. The number of hydrogen-bond donors (Lipinski definition) is 2. The van der Waals surface area contributed by atoms with E-state index in [0.29, 0.717) is 0 Å². The third-order valence-electron chi connectivity index (χ3n) is 3.84. The van der Waals surface area contributed by atoms with Crippen LogP contribution in [0.2, 0.25) is 0 Å². The number of nitrogens with one attached hydrogen (secondary N) is 2. The first kappa shape index (κ1) is 12.9. The van der Waals surface area contributed by atoms with E-state index in [9.17, 15) is 0 Å². The Morgan fingerprint density at radius 1 is 1.15 bits per heavy atom. The fraction of sp³-hybridized carbons (Fsp3) is 0.375. The normalized spacial score (nSPS) is 20.5. The summed E-state index contributed by atoms with van der Waals surface area (Å²) in [5.41, 5.74) is 1.03. The molecule has 0 aliphatic heterocycles. The molecule has 2 unspecified atom stereocenters. The van der Waals surface area contributed by atoms with Crippen LogP contribution in [0.15, 0.2) is 36.4 Å². The van der Waals surface area contributed by atoms with Gasteiger partial charge >= 0.3 is 0 Å². The Labute approximate surface area is 119 Å². The molecule has 2 N–H and O–H groups in total. The molecule has 3 rings (SSSR count). The van der Waals surface area contributed by atoms with Crippen molar-refractivity contribution in [1.82, 2.24) is 9.97 Å². The zero-order chi connectivity index (χ0) is 13.9. The molecule has 4 nitrogen and oxygen atoms in total. The molecule has 104 valence electrons. The molecule has 1 saturated carbocycles. The summed E-state index contributed by atoms with van der Waals surface area (Å²) in [6.45, 7) is 3.29. The van der Waals surface area contributed by atoms with E-state index in [-0.39, 0.29) is 0 Å². The van der Waals surface area contributed by atoms with Gasteiger partial charge in [-0.1, -0.05) is 37.3 Å². The maximum absolute atomic E-state index is 4.61. The second-order valence-electron chi connectivity index (χ2n) is 5.43. The zero-order valence-corrected chi connectivity index (χ0v) is 11.9. The van der Waals surface area contributed by atoms with Crippen molar-refractivity contribution < 1.29 is 0 Å². The van der Waals surface area contributed by atoms with Crippen molar-refractivity contribution in [2.75, 3.05) is 24.2 Å². The van der Waals surface area contributed by atoms with Crippen LogP contribution in [0, 0.1) is 11.8 Å². The minimum Gasteiger partial charge on any atom is -0.373 e. The Bertz CT molecular complexity index is 582. The van der Waals surface area contributed by atoms with Crippen LogP contribution in [0.25, 0.3) is 11.4 Å². The molecule has 0 amide bonds. The van der Waals surface area contributed by atoms with Crippen LogP contribution < -0.4 is 10.6 Å². The molecule has 1 fully saturated rings. The van der Waals surface area contributed by atoms with Gasteiger partial charge in [-0.3, -0.25) is 0 Å². The van der Waals surface area contributed by atoms with Gasteiger partial charge in [-0.2, -0.15) is 0 Å². The van der Waals surface area contributed by atoms with E-state index in [2.05, 4.69) is 27.5 Å². The van der Waals surface area contributed by atoms with E-state index < -0.39 is 0 Å². The molecular formula is C16H20N4. The highest BCUT2D eigenvalue weighted by atomic mass is 15.1. The van der Waals surface area contributed by atoms with Crippen LogP contribution >= 0.6 is 0 Å². The van der Waals surface area contributed by atoms with Crippen molar-refractivity contribution in [3.63, 3.8) is 0 Å². The molecule has 1 aliphatic carbocycles. The Hall–Kier alpha value is -2.10. The van der Waals surface area contributed by atoms with E-state index in [1.165, 1.54) is 6.42 Å². The summed E-state index contributed by atoms with van der Waals surface area (Å²) in [7, 11) is 1.88. The molecule has 20 heavy (non-hydrogen) atoms. The minimum atomic E-state index is 0.754. The number of hydrogen-bond acceptors (Lipinski definition) is 4. The van der Waals surface area contributed by atoms with Crippen molar-refractivity contribution in [1.29, 1.82) is 0 Å². The fourth-order valence-electron chi connectivity index (χ4n) is 2.30. The average Bonchev–Trinajstić information content (AvgIpc) is 3.21. The number of rotatable bonds is 5. The van der Waals surface area contributed by atoms with Gasteiger partial charge in [-0.15, -0.1) is 0 Å². The van der Waals surface area contributed by atoms with Gasteiger partial charge in [0.25, 0.3) is 0 Å². The Kier molecular flexibility index (Phi) is 3.54. The summed E-state index contributed by atoms with van der Waals surface area (Å²) >= 11 is 0. The van der Waals surface area contributed by atoms with Crippen molar-refractivity contribution in [2.24, 2.45) is 11.8 Å². The highest BCUT2D eigenvalue weighted by Crippen LogP contribution is 2.37. The van der Waals surface area contributed by atoms with Gasteiger partial charge < -0.3 is 10.6 Å². The van der Waals surface area contributed by atoms with Crippen LogP contribution in [0.3, 0.4) is 0 Å². The topological polar surface area (TPSA) is 49.8 Å². The first-order valence-electron chi connectivity index (χ1n) is 7.12. The van der Waals surface area contributed by atoms with E-state index in [0.717, 1.165) is 41.4 Å². The molecule has 0 saturated heterocycles. The van der Waals surface area contributed by atoms with Crippen molar-refractivity contribution in [3.05, 3.63) is 36.4 Å². The Morgan fingerprint density at radius 3 is 2.50 bits per heavy atom. The van der Waals surface area contributed by atoms with Crippen LogP contribution in [0.5, 0.6) is 0 Å². The second kappa shape index (κ2) is 5.49. The zero-order valence-electron chi connectivity index (χ0n) is 11.9. The van der Waals surface area contributed by atoms with Gasteiger partial charge in [0.1, 0.15) is 11.6 Å². The van der Waals surface area contributed by atoms with Gasteiger partial charge in [-0.25, -0.2) is 9.97 Å². The second-order valence-corrected chi connectivity index (χ2v) is 5.43. The quantitative estimate of drug-likeness (QED) is 0.874. The molecule has 2 aromatic rings. The van der Waals surface area contributed by atoms with Gasteiger partial charge in [0.05, 0.1) is 0 Å². The number of nitrogens with zero attached hydrogens (tertiary/aromatic N) is 2. The highest BCUT2D eigenvalue weighted by molar-refractivity contribution is 5.61. The predicted molar refractivity (Wildman–Crippen MR) is 82.8 cm³/mol. The number of benzene rings is 1. The third-order valence-corrected chi connectivity index (χ3v) is 3.84. The van der Waals surface area contributed by atoms with Crippen LogP contribution in [0.1, 0.15) is 13.3 Å². The number of aromatic nitrogens is 2. The smallest absolute Gasteiger partial charge is 0.163 e. The van der Waals surface area contributed by atoms with E-state index >= 15 is 0 Å². The maximum Gasteiger partial charge on any atom is 0.163 e. The summed E-state index contributed by atoms with van der Waals surface area (Å²) in [6.07, 6.45) is 1.32. The summed E-state index contributed by atoms with van der Waals surface area (Å²) in [5, 5.41) is 6.53. The lowest BCUT2D eigenvalue weighted by Gasteiger charge is -2.09. The largest absolute Gasteiger partial charge is 0.373 e. The summed E-state index contributed by atoms with van der Waals surface area (Å²) < 4.78 is 0. The average molecular weight is 268 g/mol. The lowest BCUT2D eigenvalue weighted by Crippen LogP contribution is -2.08. The Balaban J connectivity index is 1.82. The van der Waals surface area contributed by atoms with E-state index in [1.54, 1.807) is 0 Å². The number of anilines is 2. The summed E-state index contributed by atoms with van der Waals surface area (Å²) in [4.78, 5) is 9.13. The monoisotopic (exact) mass is 268 g/mol. The van der Waals surface area contributed by atoms with Crippen molar-refractivity contribution in [2.45, 2.75) is 13.3 Å². The minimum absolute atomic E-state index is 0.754. The Morgan fingerprint density at radius 2 is 1.85 bits per heavy atom. The van der Waals surface area contributed by atoms with Gasteiger partial charge in [0.2, 0.25) is 0 Å². The molecule has 1 heterocycles. The third kappa shape index (κ3) is 2.90. The lowest BCUT2D eigenvalue weighted by molar-refractivity contribution is 0.784. The van der Waals surface area contributed by atoms with Crippen LogP contribution in [0.4, 0.5) is 11.6 Å². The highest BCUT2D eigenvalue weighted by Gasteiger charge is 2.31. The molecule has 4 heteroatoms. The van der Waals surface area contributed by atoms with E-state index in [1.807, 2.05) is 43.4 Å². The van der Waals surface area contributed by atoms with Crippen LogP contribution in [-0.2, 0) is 0 Å². The molecule has 1 aliphatic rings. The molecule has 0 radical (unpaired) electrons. The van der Waals surface area contributed by atoms with Gasteiger partial charge in [0, 0.05) is 25.2 Å². The van der Waals surface area contributed by atoms with Gasteiger partial charge in [0.15, 0.2) is 5.82 Å². The SMILES string of the molecule is CNc1cc(NCC2CC2C)nc(-c2ccccc2)n1. The molecule has 1 aromatic heterocycles. The van der Waals surface area contributed by atoms with Crippen LogP contribution in [-0.4, -0.2) is 23.6 Å². The standard InChI is InChI=1S/C16H20N4/c1-11-8-13(11)10-18-15-9-14(17-2)19-16(20-15)12-6-4-3-5-7-12/h3-7,9,11,13H,8,10H2,1-2H3,(H2,17,18,19,20).